The van der Waals surface area contributed by atoms with Crippen LogP contribution in [0.5, 0.6) is 0 Å². The van der Waals surface area contributed by atoms with Gasteiger partial charge in [-0.3, -0.25) is 14.4 Å². The molecule has 1 aliphatic heterocycles. The fraction of sp³-hybridized carbons (Fsp3) is 0.643. The van der Waals surface area contributed by atoms with E-state index in [-0.39, 0.29) is 18.9 Å². The van der Waals surface area contributed by atoms with E-state index in [0.29, 0.717) is 11.5 Å². The number of rotatable bonds is 8. The molecule has 0 radical (unpaired) electrons. The molecular weight excluding hydrogens is 262 g/mol. The Morgan fingerprint density at radius 3 is 2.55 bits per heavy atom. The number of allylic oxidation sites excluding steroid dienone is 1. The van der Waals surface area contributed by atoms with Crippen molar-refractivity contribution in [2.75, 3.05) is 0 Å². The number of unbranched alkanes of at least 4 members (excludes halogenated alkanes) is 3. The van der Waals surface area contributed by atoms with Crippen molar-refractivity contribution in [2.45, 2.75) is 58.0 Å². The molecule has 1 aliphatic rings. The third-order valence-electron chi connectivity index (χ3n) is 2.99. The first-order valence-electron chi connectivity index (χ1n) is 6.90. The minimum Gasteiger partial charge on any atom is -0.430 e. The SMILES string of the molecule is C=CCCCCC[C@@H](C)OC(=O)ON1C(=O)CCC1=O. The van der Waals surface area contributed by atoms with Crippen LogP contribution in [0.2, 0.25) is 0 Å². The van der Waals surface area contributed by atoms with Crippen LogP contribution in [0.3, 0.4) is 0 Å². The van der Waals surface area contributed by atoms with Crippen molar-refractivity contribution >= 4 is 18.0 Å². The summed E-state index contributed by atoms with van der Waals surface area (Å²) in [6, 6.07) is 0. The summed E-state index contributed by atoms with van der Waals surface area (Å²) in [6.07, 6.45) is 5.45. The van der Waals surface area contributed by atoms with Gasteiger partial charge in [0.25, 0.3) is 11.8 Å². The molecule has 0 aromatic carbocycles. The molecule has 0 spiro atoms. The smallest absolute Gasteiger partial charge is 0.430 e. The van der Waals surface area contributed by atoms with Crippen molar-refractivity contribution in [1.29, 1.82) is 0 Å². The van der Waals surface area contributed by atoms with Crippen LogP contribution in [0.4, 0.5) is 4.79 Å². The van der Waals surface area contributed by atoms with Gasteiger partial charge < -0.3 is 4.74 Å². The van der Waals surface area contributed by atoms with Crippen LogP contribution in [-0.2, 0) is 19.2 Å². The van der Waals surface area contributed by atoms with Crippen molar-refractivity contribution in [3.63, 3.8) is 0 Å². The maximum Gasteiger partial charge on any atom is 0.534 e. The van der Waals surface area contributed by atoms with Gasteiger partial charge in [-0.1, -0.05) is 17.6 Å². The fourth-order valence-electron chi connectivity index (χ4n) is 1.87. The number of ether oxygens (including phenoxy) is 1. The molecule has 6 nitrogen and oxygen atoms in total. The van der Waals surface area contributed by atoms with Gasteiger partial charge in [0.2, 0.25) is 0 Å². The minimum atomic E-state index is -1.01. The van der Waals surface area contributed by atoms with Gasteiger partial charge in [0.15, 0.2) is 0 Å². The third kappa shape index (κ3) is 5.42. The Morgan fingerprint density at radius 1 is 1.30 bits per heavy atom. The van der Waals surface area contributed by atoms with Crippen molar-refractivity contribution in [2.24, 2.45) is 0 Å². The Kier molecular flexibility index (Phi) is 6.76. The predicted octanol–water partition coefficient (Wildman–Crippen LogP) is 2.73. The van der Waals surface area contributed by atoms with Crippen LogP contribution < -0.4 is 0 Å². The summed E-state index contributed by atoms with van der Waals surface area (Å²) in [5.74, 6) is -1.02. The lowest BCUT2D eigenvalue weighted by Crippen LogP contribution is -2.33. The van der Waals surface area contributed by atoms with E-state index in [1.807, 2.05) is 6.08 Å². The fourth-order valence-corrected chi connectivity index (χ4v) is 1.87. The summed E-state index contributed by atoms with van der Waals surface area (Å²) in [6.45, 7) is 5.40. The highest BCUT2D eigenvalue weighted by Gasteiger charge is 2.33. The van der Waals surface area contributed by atoms with Gasteiger partial charge in [0.05, 0.1) is 0 Å². The molecule has 1 saturated heterocycles. The lowest BCUT2D eigenvalue weighted by atomic mass is 10.1. The average molecular weight is 283 g/mol. The monoisotopic (exact) mass is 283 g/mol. The van der Waals surface area contributed by atoms with E-state index in [2.05, 4.69) is 11.4 Å². The zero-order chi connectivity index (χ0) is 15.0. The summed E-state index contributed by atoms with van der Waals surface area (Å²) in [7, 11) is 0. The molecule has 0 N–H and O–H groups in total. The van der Waals surface area contributed by atoms with Crippen molar-refractivity contribution in [1.82, 2.24) is 5.06 Å². The highest BCUT2D eigenvalue weighted by Crippen LogP contribution is 2.14. The first-order valence-corrected chi connectivity index (χ1v) is 6.90. The summed E-state index contributed by atoms with van der Waals surface area (Å²) < 4.78 is 4.99. The van der Waals surface area contributed by atoms with E-state index in [9.17, 15) is 14.4 Å². The molecule has 0 saturated carbocycles. The Balaban J connectivity index is 2.19. The van der Waals surface area contributed by atoms with Crippen molar-refractivity contribution in [3.05, 3.63) is 12.7 Å². The van der Waals surface area contributed by atoms with E-state index in [0.717, 1.165) is 25.7 Å². The predicted molar refractivity (Wildman–Crippen MR) is 71.4 cm³/mol. The van der Waals surface area contributed by atoms with Crippen LogP contribution in [0.1, 0.15) is 51.9 Å². The second-order valence-electron chi connectivity index (χ2n) is 4.78. The van der Waals surface area contributed by atoms with Crippen LogP contribution in [0.15, 0.2) is 12.7 Å². The summed E-state index contributed by atoms with van der Waals surface area (Å²) in [5.41, 5.74) is 0. The van der Waals surface area contributed by atoms with Gasteiger partial charge in [0, 0.05) is 12.8 Å². The Labute approximate surface area is 118 Å². The second kappa shape index (κ2) is 8.35. The van der Waals surface area contributed by atoms with E-state index >= 15 is 0 Å². The minimum absolute atomic E-state index is 0.0744. The van der Waals surface area contributed by atoms with Crippen LogP contribution in [0, 0.1) is 0 Å². The zero-order valence-electron chi connectivity index (χ0n) is 11.8. The maximum atomic E-state index is 11.4. The highest BCUT2D eigenvalue weighted by molar-refractivity contribution is 6.01. The van der Waals surface area contributed by atoms with E-state index in [1.54, 1.807) is 6.92 Å². The van der Waals surface area contributed by atoms with Gasteiger partial charge >= 0.3 is 6.16 Å². The van der Waals surface area contributed by atoms with Gasteiger partial charge in [-0.25, -0.2) is 4.79 Å². The van der Waals surface area contributed by atoms with Crippen molar-refractivity contribution < 1.29 is 24.0 Å². The van der Waals surface area contributed by atoms with Gasteiger partial charge in [-0.15, -0.1) is 6.58 Å². The zero-order valence-corrected chi connectivity index (χ0v) is 11.8. The molecule has 20 heavy (non-hydrogen) atoms. The number of carbonyl (C=O) groups excluding carboxylic acids is 3. The summed E-state index contributed by atoms with van der Waals surface area (Å²) in [4.78, 5) is 38.5. The number of nitrogens with zero attached hydrogens (tertiary/aromatic N) is 1. The Hall–Kier alpha value is -1.85. The van der Waals surface area contributed by atoms with Crippen LogP contribution in [-0.4, -0.2) is 29.1 Å². The molecule has 0 aromatic heterocycles. The number of amides is 2. The molecule has 112 valence electrons. The standard InChI is InChI=1S/C14H21NO5/c1-3-4-5-6-7-8-11(2)19-14(18)20-15-12(16)9-10-13(15)17/h3,11H,1,4-10H2,2H3/t11-/m1/s1. The first kappa shape index (κ1) is 16.2. The number of imide groups is 1. The molecule has 0 aliphatic carbocycles. The second-order valence-corrected chi connectivity index (χ2v) is 4.78. The molecule has 2 amide bonds. The third-order valence-corrected chi connectivity index (χ3v) is 2.99. The largest absolute Gasteiger partial charge is 0.534 e. The summed E-state index contributed by atoms with van der Waals surface area (Å²) in [5, 5.41) is 0.485. The first-order chi connectivity index (χ1) is 9.54. The molecule has 0 unspecified atom stereocenters. The number of hydroxylamine groups is 2. The number of hydrogen-bond acceptors (Lipinski definition) is 5. The van der Waals surface area contributed by atoms with E-state index < -0.39 is 18.0 Å². The molecule has 0 bridgehead atoms. The van der Waals surface area contributed by atoms with Crippen LogP contribution in [0.25, 0.3) is 0 Å². The topological polar surface area (TPSA) is 72.9 Å². The Morgan fingerprint density at radius 2 is 1.95 bits per heavy atom. The van der Waals surface area contributed by atoms with E-state index in [1.165, 1.54) is 0 Å². The molecular formula is C14H21NO5. The van der Waals surface area contributed by atoms with Crippen LogP contribution >= 0.6 is 0 Å². The molecule has 6 heteroatoms. The molecule has 1 heterocycles. The van der Waals surface area contributed by atoms with Gasteiger partial charge in [-0.2, -0.15) is 0 Å². The summed E-state index contributed by atoms with van der Waals surface area (Å²) >= 11 is 0. The maximum absolute atomic E-state index is 11.4. The normalized spacial score (nSPS) is 16.1. The van der Waals surface area contributed by atoms with E-state index in [4.69, 9.17) is 4.74 Å². The molecule has 0 aromatic rings. The number of hydrogen-bond donors (Lipinski definition) is 0. The van der Waals surface area contributed by atoms with Gasteiger partial charge in [-0.05, 0) is 32.6 Å². The number of carbonyl (C=O) groups is 3. The average Bonchev–Trinajstić information content (AvgIpc) is 2.70. The molecule has 1 rings (SSSR count). The lowest BCUT2D eigenvalue weighted by Gasteiger charge is -2.16. The highest BCUT2D eigenvalue weighted by atomic mass is 16.8. The van der Waals surface area contributed by atoms with Crippen molar-refractivity contribution in [3.8, 4) is 0 Å². The van der Waals surface area contributed by atoms with Gasteiger partial charge in [0.1, 0.15) is 6.10 Å². The molecule has 1 fully saturated rings. The molecule has 1 atom stereocenters. The Bertz CT molecular complexity index is 364. The quantitative estimate of drug-likeness (QED) is 0.296. The lowest BCUT2D eigenvalue weighted by molar-refractivity contribution is -0.178.